The second kappa shape index (κ2) is 8.82. The van der Waals surface area contributed by atoms with Crippen molar-refractivity contribution in [3.05, 3.63) is 65.5 Å². The first kappa shape index (κ1) is 16.9. The Labute approximate surface area is 134 Å². The number of hydrogen-bond donors (Lipinski definition) is 2. The maximum Gasteiger partial charge on any atom is 0.188 e. The Balaban J connectivity index is 1.66. The molecule has 2 aromatic rings. The van der Waals surface area contributed by atoms with Crippen molar-refractivity contribution in [2.45, 2.75) is 19.3 Å². The molecule has 0 amide bonds. The summed E-state index contributed by atoms with van der Waals surface area (Å²) in [7, 11) is 0. The van der Waals surface area contributed by atoms with Crippen LogP contribution in [0, 0.1) is 11.6 Å². The first-order valence-corrected chi connectivity index (χ1v) is 7.52. The van der Waals surface area contributed by atoms with Crippen LogP contribution in [0.1, 0.15) is 17.7 Å². The van der Waals surface area contributed by atoms with Crippen molar-refractivity contribution >= 4 is 5.96 Å². The summed E-state index contributed by atoms with van der Waals surface area (Å²) in [5.74, 6) is -0.746. The zero-order chi connectivity index (χ0) is 16.5. The number of nitrogens with zero attached hydrogens (tertiary/aromatic N) is 2. The topological polar surface area (TPSA) is 63.3 Å². The maximum atomic E-state index is 13.0. The molecule has 0 radical (unpaired) electrons. The van der Waals surface area contributed by atoms with Crippen LogP contribution in [0.5, 0.6) is 0 Å². The number of aromatic nitrogens is 1. The molecule has 0 unspecified atom stereocenters. The minimum absolute atomic E-state index is 0.367. The predicted molar refractivity (Wildman–Crippen MR) is 87.1 cm³/mol. The average Bonchev–Trinajstić information content (AvgIpc) is 2.52. The van der Waals surface area contributed by atoms with E-state index >= 15 is 0 Å². The molecule has 0 bridgehead atoms. The summed E-state index contributed by atoms with van der Waals surface area (Å²) in [6.07, 6.45) is 3.74. The van der Waals surface area contributed by atoms with Crippen LogP contribution in [0.2, 0.25) is 0 Å². The molecule has 0 aliphatic rings. The number of aliphatic imine (C=N–C) groups is 1. The van der Waals surface area contributed by atoms with Gasteiger partial charge in [0, 0.05) is 37.5 Å². The molecule has 0 aliphatic carbocycles. The van der Waals surface area contributed by atoms with Crippen LogP contribution < -0.4 is 11.1 Å². The Morgan fingerprint density at radius 3 is 2.61 bits per heavy atom. The summed E-state index contributed by atoms with van der Waals surface area (Å²) in [6, 6.07) is 9.30. The van der Waals surface area contributed by atoms with Crippen molar-refractivity contribution in [3.63, 3.8) is 0 Å². The monoisotopic (exact) mass is 318 g/mol. The lowest BCUT2D eigenvalue weighted by Crippen LogP contribution is -2.33. The van der Waals surface area contributed by atoms with Crippen LogP contribution in [-0.2, 0) is 12.8 Å². The molecular weight excluding hydrogens is 298 g/mol. The lowest BCUT2D eigenvalue weighted by molar-refractivity contribution is 0.578. The summed E-state index contributed by atoms with van der Waals surface area (Å²) in [5, 5.41) is 3.02. The van der Waals surface area contributed by atoms with Gasteiger partial charge in [0.25, 0.3) is 0 Å². The number of pyridine rings is 1. The zero-order valence-corrected chi connectivity index (χ0v) is 12.8. The fraction of sp³-hybridized carbons (Fsp3) is 0.294. The lowest BCUT2D eigenvalue weighted by atomic mass is 10.1. The molecule has 0 atom stereocenters. The van der Waals surface area contributed by atoms with Crippen molar-refractivity contribution in [3.8, 4) is 0 Å². The van der Waals surface area contributed by atoms with Gasteiger partial charge in [-0.1, -0.05) is 6.07 Å². The van der Waals surface area contributed by atoms with E-state index < -0.39 is 11.6 Å². The Bertz CT molecular complexity index is 624. The second-order valence-electron chi connectivity index (χ2n) is 5.15. The average molecular weight is 318 g/mol. The van der Waals surface area contributed by atoms with Crippen LogP contribution in [0.3, 0.4) is 0 Å². The van der Waals surface area contributed by atoms with E-state index in [2.05, 4.69) is 15.3 Å². The Morgan fingerprint density at radius 1 is 1.13 bits per heavy atom. The van der Waals surface area contributed by atoms with E-state index in [1.165, 1.54) is 12.1 Å². The fourth-order valence-corrected chi connectivity index (χ4v) is 2.16. The van der Waals surface area contributed by atoms with Crippen LogP contribution in [-0.4, -0.2) is 24.0 Å². The second-order valence-corrected chi connectivity index (χ2v) is 5.15. The van der Waals surface area contributed by atoms with Crippen LogP contribution in [0.15, 0.2) is 47.6 Å². The van der Waals surface area contributed by atoms with Gasteiger partial charge in [0.05, 0.1) is 0 Å². The quantitative estimate of drug-likeness (QED) is 0.468. The summed E-state index contributed by atoms with van der Waals surface area (Å²) in [5.41, 5.74) is 7.38. The van der Waals surface area contributed by atoms with E-state index in [-0.39, 0.29) is 0 Å². The minimum Gasteiger partial charge on any atom is -0.370 e. The SMILES string of the molecule is NC(=NCCCc1cc(F)cc(F)c1)NCCc1ccccn1. The normalized spacial score (nSPS) is 11.5. The number of aryl methyl sites for hydroxylation is 1. The van der Waals surface area contributed by atoms with E-state index in [0.29, 0.717) is 37.5 Å². The molecular formula is C17H20F2N4. The van der Waals surface area contributed by atoms with Crippen LogP contribution in [0.25, 0.3) is 0 Å². The summed E-state index contributed by atoms with van der Waals surface area (Å²) < 4.78 is 26.1. The molecule has 0 spiro atoms. The molecule has 3 N–H and O–H groups in total. The molecule has 1 aromatic carbocycles. The third-order valence-electron chi connectivity index (χ3n) is 3.24. The summed E-state index contributed by atoms with van der Waals surface area (Å²) in [6.45, 7) is 1.15. The zero-order valence-electron chi connectivity index (χ0n) is 12.8. The molecule has 2 rings (SSSR count). The van der Waals surface area contributed by atoms with Gasteiger partial charge in [0.2, 0.25) is 0 Å². The van der Waals surface area contributed by atoms with Crippen molar-refractivity contribution in [1.29, 1.82) is 0 Å². The van der Waals surface area contributed by atoms with Gasteiger partial charge < -0.3 is 11.1 Å². The molecule has 0 saturated heterocycles. The Morgan fingerprint density at radius 2 is 1.91 bits per heavy atom. The molecule has 0 aliphatic heterocycles. The highest BCUT2D eigenvalue weighted by atomic mass is 19.1. The molecule has 23 heavy (non-hydrogen) atoms. The number of hydrogen-bond acceptors (Lipinski definition) is 2. The molecule has 0 fully saturated rings. The van der Waals surface area contributed by atoms with Crippen molar-refractivity contribution in [1.82, 2.24) is 10.3 Å². The highest BCUT2D eigenvalue weighted by molar-refractivity contribution is 5.77. The van der Waals surface area contributed by atoms with Gasteiger partial charge in [-0.05, 0) is 42.7 Å². The molecule has 4 nitrogen and oxygen atoms in total. The Hall–Kier alpha value is -2.50. The van der Waals surface area contributed by atoms with Gasteiger partial charge in [-0.3, -0.25) is 9.98 Å². The van der Waals surface area contributed by atoms with Crippen molar-refractivity contribution < 1.29 is 8.78 Å². The fourth-order valence-electron chi connectivity index (χ4n) is 2.16. The standard InChI is InChI=1S/C17H20F2N4/c18-14-10-13(11-15(19)12-14)4-3-8-22-17(20)23-9-6-16-5-1-2-7-21-16/h1-2,5,7,10-12H,3-4,6,8-9H2,(H3,20,22,23). The van der Waals surface area contributed by atoms with Crippen molar-refractivity contribution in [2.24, 2.45) is 10.7 Å². The van der Waals surface area contributed by atoms with E-state index in [0.717, 1.165) is 18.2 Å². The highest BCUT2D eigenvalue weighted by Crippen LogP contribution is 2.09. The highest BCUT2D eigenvalue weighted by Gasteiger charge is 2.00. The summed E-state index contributed by atoms with van der Waals surface area (Å²) in [4.78, 5) is 8.41. The predicted octanol–water partition coefficient (Wildman–Crippen LogP) is 2.44. The first-order valence-electron chi connectivity index (χ1n) is 7.52. The third-order valence-corrected chi connectivity index (χ3v) is 3.24. The van der Waals surface area contributed by atoms with Crippen molar-refractivity contribution in [2.75, 3.05) is 13.1 Å². The first-order chi connectivity index (χ1) is 11.1. The van der Waals surface area contributed by atoms with Gasteiger partial charge in [-0.15, -0.1) is 0 Å². The number of benzene rings is 1. The minimum atomic E-state index is -0.556. The lowest BCUT2D eigenvalue weighted by Gasteiger charge is -2.05. The number of nitrogens with two attached hydrogens (primary N) is 1. The molecule has 0 saturated carbocycles. The van der Waals surface area contributed by atoms with E-state index in [4.69, 9.17) is 5.73 Å². The Kier molecular flexibility index (Phi) is 6.47. The molecule has 1 heterocycles. The van der Waals surface area contributed by atoms with Crippen LogP contribution >= 0.6 is 0 Å². The van der Waals surface area contributed by atoms with Gasteiger partial charge in [-0.25, -0.2) is 8.78 Å². The maximum absolute atomic E-state index is 13.0. The van der Waals surface area contributed by atoms with E-state index in [1.54, 1.807) is 6.20 Å². The number of halogens is 2. The number of rotatable bonds is 7. The summed E-state index contributed by atoms with van der Waals surface area (Å²) >= 11 is 0. The molecule has 122 valence electrons. The molecule has 6 heteroatoms. The van der Waals surface area contributed by atoms with Gasteiger partial charge in [-0.2, -0.15) is 0 Å². The molecule has 1 aromatic heterocycles. The number of guanidine groups is 1. The smallest absolute Gasteiger partial charge is 0.188 e. The van der Waals surface area contributed by atoms with E-state index in [1.807, 2.05) is 18.2 Å². The van der Waals surface area contributed by atoms with E-state index in [9.17, 15) is 8.78 Å². The van der Waals surface area contributed by atoms with Gasteiger partial charge in [0.1, 0.15) is 11.6 Å². The number of nitrogens with one attached hydrogen (secondary N) is 1. The van der Waals surface area contributed by atoms with Gasteiger partial charge >= 0.3 is 0 Å². The largest absolute Gasteiger partial charge is 0.370 e. The van der Waals surface area contributed by atoms with Gasteiger partial charge in [0.15, 0.2) is 5.96 Å². The third kappa shape index (κ3) is 6.42. The van der Waals surface area contributed by atoms with Crippen LogP contribution in [0.4, 0.5) is 8.78 Å².